The molecule has 118 valence electrons. The standard InChI is InChI=1S/C17H20BrNO3/c1-10(2)16(17(20)21)19-9-13-5-7-15(22-13)12-4-6-14(18)11(3)8-12/h4-8,10,16,19H,9H2,1-3H3,(H,20,21). The third kappa shape index (κ3) is 3.99. The number of carboxylic acid groups (broad SMARTS) is 1. The van der Waals surface area contributed by atoms with E-state index in [1.165, 1.54) is 0 Å². The van der Waals surface area contributed by atoms with Crippen LogP contribution in [0, 0.1) is 12.8 Å². The lowest BCUT2D eigenvalue weighted by Gasteiger charge is -2.16. The third-order valence-corrected chi connectivity index (χ3v) is 4.42. The fourth-order valence-electron chi connectivity index (χ4n) is 2.24. The van der Waals surface area contributed by atoms with E-state index >= 15 is 0 Å². The Morgan fingerprint density at radius 3 is 2.64 bits per heavy atom. The maximum absolute atomic E-state index is 11.2. The molecule has 2 rings (SSSR count). The van der Waals surface area contributed by atoms with Gasteiger partial charge in [-0.25, -0.2) is 0 Å². The minimum Gasteiger partial charge on any atom is -0.480 e. The second kappa shape index (κ2) is 7.11. The van der Waals surface area contributed by atoms with Crippen molar-refractivity contribution in [2.45, 2.75) is 33.4 Å². The Morgan fingerprint density at radius 2 is 2.05 bits per heavy atom. The Labute approximate surface area is 138 Å². The molecule has 1 atom stereocenters. The number of rotatable bonds is 6. The molecule has 0 bridgehead atoms. The minimum absolute atomic E-state index is 0.0149. The fraction of sp³-hybridized carbons (Fsp3) is 0.353. The number of halogens is 1. The van der Waals surface area contributed by atoms with E-state index in [-0.39, 0.29) is 5.92 Å². The quantitative estimate of drug-likeness (QED) is 0.804. The second-order valence-electron chi connectivity index (χ2n) is 5.67. The predicted molar refractivity (Wildman–Crippen MR) is 89.7 cm³/mol. The Balaban J connectivity index is 2.08. The summed E-state index contributed by atoms with van der Waals surface area (Å²) in [5, 5.41) is 12.2. The molecule has 0 saturated carbocycles. The normalized spacial score (nSPS) is 12.6. The summed E-state index contributed by atoms with van der Waals surface area (Å²) in [6, 6.07) is 9.23. The van der Waals surface area contributed by atoms with E-state index in [0.717, 1.165) is 27.1 Å². The molecule has 0 aliphatic rings. The smallest absolute Gasteiger partial charge is 0.320 e. The lowest BCUT2D eigenvalue weighted by atomic mass is 10.1. The van der Waals surface area contributed by atoms with Crippen molar-refractivity contribution in [2.75, 3.05) is 0 Å². The van der Waals surface area contributed by atoms with E-state index in [0.29, 0.717) is 6.54 Å². The number of hydrogen-bond acceptors (Lipinski definition) is 3. The van der Waals surface area contributed by atoms with Crippen LogP contribution in [0.25, 0.3) is 11.3 Å². The number of carboxylic acids is 1. The van der Waals surface area contributed by atoms with E-state index in [2.05, 4.69) is 21.2 Å². The number of hydrogen-bond donors (Lipinski definition) is 2. The number of aryl methyl sites for hydroxylation is 1. The van der Waals surface area contributed by atoms with Gasteiger partial charge >= 0.3 is 5.97 Å². The van der Waals surface area contributed by atoms with Gasteiger partial charge in [-0.2, -0.15) is 0 Å². The first-order chi connectivity index (χ1) is 10.4. The van der Waals surface area contributed by atoms with E-state index in [9.17, 15) is 4.79 Å². The summed E-state index contributed by atoms with van der Waals surface area (Å²) in [4.78, 5) is 11.2. The van der Waals surface area contributed by atoms with Gasteiger partial charge in [0.2, 0.25) is 0 Å². The van der Waals surface area contributed by atoms with Gasteiger partial charge < -0.3 is 9.52 Å². The Bertz CT molecular complexity index is 664. The van der Waals surface area contributed by atoms with Crippen molar-refractivity contribution in [1.29, 1.82) is 0 Å². The van der Waals surface area contributed by atoms with Gasteiger partial charge in [0.15, 0.2) is 0 Å². The molecule has 0 aliphatic heterocycles. The van der Waals surface area contributed by atoms with Crippen LogP contribution >= 0.6 is 15.9 Å². The third-order valence-electron chi connectivity index (χ3n) is 3.53. The SMILES string of the molecule is Cc1cc(-c2ccc(CNC(C(=O)O)C(C)C)o2)ccc1Br. The average molecular weight is 366 g/mol. The average Bonchev–Trinajstić information content (AvgIpc) is 2.90. The van der Waals surface area contributed by atoms with Crippen molar-refractivity contribution in [3.8, 4) is 11.3 Å². The molecule has 4 nitrogen and oxygen atoms in total. The number of carbonyl (C=O) groups is 1. The van der Waals surface area contributed by atoms with E-state index in [1.807, 2.05) is 51.1 Å². The van der Waals surface area contributed by atoms with Crippen LogP contribution in [-0.4, -0.2) is 17.1 Å². The number of benzene rings is 1. The maximum atomic E-state index is 11.2. The van der Waals surface area contributed by atoms with Gasteiger partial charge in [-0.05, 0) is 42.7 Å². The first-order valence-corrected chi connectivity index (χ1v) is 7.99. The maximum Gasteiger partial charge on any atom is 0.320 e. The molecule has 1 aromatic heterocycles. The summed E-state index contributed by atoms with van der Waals surface area (Å²) in [5.74, 6) is 0.678. The zero-order valence-electron chi connectivity index (χ0n) is 12.9. The van der Waals surface area contributed by atoms with Crippen LogP contribution < -0.4 is 5.32 Å². The highest BCUT2D eigenvalue weighted by molar-refractivity contribution is 9.10. The largest absolute Gasteiger partial charge is 0.480 e. The molecule has 22 heavy (non-hydrogen) atoms. The van der Waals surface area contributed by atoms with Crippen molar-refractivity contribution in [3.05, 3.63) is 46.1 Å². The van der Waals surface area contributed by atoms with Gasteiger partial charge in [0.25, 0.3) is 0 Å². The molecule has 0 amide bonds. The van der Waals surface area contributed by atoms with Crippen LogP contribution in [0.2, 0.25) is 0 Å². The molecule has 5 heteroatoms. The Morgan fingerprint density at radius 1 is 1.32 bits per heavy atom. The van der Waals surface area contributed by atoms with Crippen molar-refractivity contribution < 1.29 is 14.3 Å². The highest BCUT2D eigenvalue weighted by atomic mass is 79.9. The topological polar surface area (TPSA) is 62.5 Å². The molecule has 0 fully saturated rings. The highest BCUT2D eigenvalue weighted by Crippen LogP contribution is 2.26. The molecule has 2 N–H and O–H groups in total. The van der Waals surface area contributed by atoms with Gasteiger partial charge in [0.05, 0.1) is 6.54 Å². The first kappa shape index (κ1) is 16.8. The fourth-order valence-corrected chi connectivity index (χ4v) is 2.49. The Kier molecular flexibility index (Phi) is 5.42. The molecule has 0 spiro atoms. The predicted octanol–water partition coefficient (Wildman–Crippen LogP) is 4.22. The minimum atomic E-state index is -0.842. The summed E-state index contributed by atoms with van der Waals surface area (Å²) in [6.45, 7) is 6.18. The summed E-state index contributed by atoms with van der Waals surface area (Å²) in [7, 11) is 0. The molecule has 0 radical (unpaired) electrons. The highest BCUT2D eigenvalue weighted by Gasteiger charge is 2.21. The summed E-state index contributed by atoms with van der Waals surface area (Å²) in [6.07, 6.45) is 0. The van der Waals surface area contributed by atoms with Crippen LogP contribution in [0.5, 0.6) is 0 Å². The van der Waals surface area contributed by atoms with Crippen molar-refractivity contribution in [2.24, 2.45) is 5.92 Å². The van der Waals surface area contributed by atoms with Crippen molar-refractivity contribution >= 4 is 21.9 Å². The van der Waals surface area contributed by atoms with Gasteiger partial charge in [-0.15, -0.1) is 0 Å². The van der Waals surface area contributed by atoms with Gasteiger partial charge in [0, 0.05) is 10.0 Å². The monoisotopic (exact) mass is 365 g/mol. The van der Waals surface area contributed by atoms with Crippen LogP contribution in [0.1, 0.15) is 25.2 Å². The molecular formula is C17H20BrNO3. The van der Waals surface area contributed by atoms with Gasteiger partial charge in [-0.3, -0.25) is 10.1 Å². The number of furan rings is 1. The zero-order chi connectivity index (χ0) is 16.3. The van der Waals surface area contributed by atoms with E-state index in [4.69, 9.17) is 9.52 Å². The van der Waals surface area contributed by atoms with Crippen LogP contribution in [0.4, 0.5) is 0 Å². The first-order valence-electron chi connectivity index (χ1n) is 7.20. The second-order valence-corrected chi connectivity index (χ2v) is 6.53. The van der Waals surface area contributed by atoms with Crippen LogP contribution in [-0.2, 0) is 11.3 Å². The van der Waals surface area contributed by atoms with Crippen molar-refractivity contribution in [1.82, 2.24) is 5.32 Å². The molecule has 1 aromatic carbocycles. The van der Waals surface area contributed by atoms with Crippen LogP contribution in [0.15, 0.2) is 39.2 Å². The van der Waals surface area contributed by atoms with Crippen molar-refractivity contribution in [3.63, 3.8) is 0 Å². The molecule has 1 unspecified atom stereocenters. The summed E-state index contributed by atoms with van der Waals surface area (Å²) in [5.41, 5.74) is 2.14. The zero-order valence-corrected chi connectivity index (χ0v) is 14.5. The molecule has 0 saturated heterocycles. The van der Waals surface area contributed by atoms with Gasteiger partial charge in [0.1, 0.15) is 17.6 Å². The molecule has 1 heterocycles. The van der Waals surface area contributed by atoms with Crippen LogP contribution in [0.3, 0.4) is 0 Å². The summed E-state index contributed by atoms with van der Waals surface area (Å²) < 4.78 is 6.86. The lowest BCUT2D eigenvalue weighted by molar-refractivity contribution is -0.140. The van der Waals surface area contributed by atoms with E-state index in [1.54, 1.807) is 0 Å². The summed E-state index contributed by atoms with van der Waals surface area (Å²) >= 11 is 3.48. The molecule has 2 aromatic rings. The lowest BCUT2D eigenvalue weighted by Crippen LogP contribution is -2.40. The Hall–Kier alpha value is -1.59. The molecule has 0 aliphatic carbocycles. The van der Waals surface area contributed by atoms with E-state index < -0.39 is 12.0 Å². The van der Waals surface area contributed by atoms with Gasteiger partial charge in [-0.1, -0.05) is 35.8 Å². The molecular weight excluding hydrogens is 346 g/mol. The number of aliphatic carboxylic acids is 1. The number of nitrogens with one attached hydrogen (secondary N) is 1.